The summed E-state index contributed by atoms with van der Waals surface area (Å²) >= 11 is 0. The van der Waals surface area contributed by atoms with Crippen LogP contribution in [0.25, 0.3) is 17.4 Å². The fraction of sp³-hybridized carbons (Fsp3) is 0.125. The Labute approximate surface area is 188 Å². The summed E-state index contributed by atoms with van der Waals surface area (Å²) in [7, 11) is 0. The molecule has 1 aromatic heterocycles. The molecule has 0 saturated carbocycles. The number of nitro benzene ring substituents is 1. The molecule has 0 unspecified atom stereocenters. The predicted octanol–water partition coefficient (Wildman–Crippen LogP) is 4.39. The molecule has 3 aromatic rings. The maximum atomic E-state index is 13.1. The second-order valence-corrected chi connectivity index (χ2v) is 7.54. The second-order valence-electron chi connectivity index (χ2n) is 7.54. The molecule has 0 radical (unpaired) electrons. The lowest BCUT2D eigenvalue weighted by atomic mass is 10.0. The zero-order chi connectivity index (χ0) is 23.7. The van der Waals surface area contributed by atoms with Gasteiger partial charge < -0.3 is 4.42 Å². The summed E-state index contributed by atoms with van der Waals surface area (Å²) in [6, 6.07) is 15.1. The number of urea groups is 1. The van der Waals surface area contributed by atoms with Crippen LogP contribution in [0.4, 0.5) is 10.5 Å². The SMILES string of the molecule is Cc1ccc([N+](=O)[O-])cc1-c1ccc(/C=C2/C(=O)NC(=O)N([C@H](C)c3ccccc3)C2=O)o1. The Morgan fingerprint density at radius 2 is 1.79 bits per heavy atom. The molecule has 1 aliphatic rings. The van der Waals surface area contributed by atoms with Gasteiger partial charge in [0.25, 0.3) is 17.5 Å². The number of aryl methyl sites for hydroxylation is 1. The van der Waals surface area contributed by atoms with Gasteiger partial charge in [0, 0.05) is 17.7 Å². The number of nitro groups is 1. The first kappa shape index (κ1) is 21.7. The van der Waals surface area contributed by atoms with Crippen LogP contribution in [0.1, 0.15) is 29.9 Å². The van der Waals surface area contributed by atoms with Gasteiger partial charge in [-0.2, -0.15) is 0 Å². The normalized spacial score (nSPS) is 16.1. The zero-order valence-corrected chi connectivity index (χ0v) is 17.8. The molecule has 9 nitrogen and oxygen atoms in total. The van der Waals surface area contributed by atoms with Crippen molar-refractivity contribution >= 4 is 29.6 Å². The lowest BCUT2D eigenvalue weighted by Crippen LogP contribution is -2.54. The molecule has 166 valence electrons. The monoisotopic (exact) mass is 445 g/mol. The van der Waals surface area contributed by atoms with Crippen molar-refractivity contribution < 1.29 is 23.7 Å². The van der Waals surface area contributed by atoms with Crippen molar-refractivity contribution in [1.82, 2.24) is 10.2 Å². The number of non-ortho nitro benzene ring substituents is 1. The van der Waals surface area contributed by atoms with Crippen LogP contribution in [0.5, 0.6) is 0 Å². The summed E-state index contributed by atoms with van der Waals surface area (Å²) in [5.74, 6) is -1.04. The third kappa shape index (κ3) is 4.16. The first-order valence-electron chi connectivity index (χ1n) is 10.1. The molecular formula is C24H19N3O6. The average Bonchev–Trinajstić information content (AvgIpc) is 3.25. The molecule has 0 bridgehead atoms. The number of hydrogen-bond donors (Lipinski definition) is 1. The summed E-state index contributed by atoms with van der Waals surface area (Å²) in [5.41, 5.74) is 1.67. The first-order valence-corrected chi connectivity index (χ1v) is 10.1. The highest BCUT2D eigenvalue weighted by Gasteiger charge is 2.39. The van der Waals surface area contributed by atoms with Crippen molar-refractivity contribution in [1.29, 1.82) is 0 Å². The van der Waals surface area contributed by atoms with Gasteiger partial charge >= 0.3 is 6.03 Å². The van der Waals surface area contributed by atoms with Gasteiger partial charge in [0.1, 0.15) is 17.1 Å². The second kappa shape index (κ2) is 8.54. The quantitative estimate of drug-likeness (QED) is 0.269. The largest absolute Gasteiger partial charge is 0.457 e. The van der Waals surface area contributed by atoms with Crippen LogP contribution < -0.4 is 5.32 Å². The standard InChI is InChI=1S/C24H19N3O6/c1-14-8-9-17(27(31)32)12-19(14)21-11-10-18(33-21)13-20-22(28)25-24(30)26(23(20)29)15(2)16-6-4-3-5-7-16/h3-13,15H,1-2H3,(H,25,28,30)/b20-13-/t15-/m1/s1. The molecule has 0 spiro atoms. The van der Waals surface area contributed by atoms with E-state index in [2.05, 4.69) is 5.32 Å². The molecule has 1 atom stereocenters. The van der Waals surface area contributed by atoms with Crippen LogP contribution in [0.2, 0.25) is 0 Å². The topological polar surface area (TPSA) is 123 Å². The lowest BCUT2D eigenvalue weighted by Gasteiger charge is -2.31. The first-order chi connectivity index (χ1) is 15.8. The molecule has 0 aliphatic carbocycles. The molecule has 4 rings (SSSR count). The van der Waals surface area contributed by atoms with E-state index in [4.69, 9.17) is 4.42 Å². The van der Waals surface area contributed by atoms with E-state index in [0.717, 1.165) is 16.0 Å². The number of furan rings is 1. The van der Waals surface area contributed by atoms with Crippen LogP contribution in [0.15, 0.2) is 70.7 Å². The maximum absolute atomic E-state index is 13.1. The number of nitrogens with zero attached hydrogens (tertiary/aromatic N) is 2. The number of benzene rings is 2. The van der Waals surface area contributed by atoms with E-state index in [0.29, 0.717) is 11.3 Å². The van der Waals surface area contributed by atoms with Gasteiger partial charge in [-0.3, -0.25) is 29.9 Å². The van der Waals surface area contributed by atoms with E-state index in [9.17, 15) is 24.5 Å². The fourth-order valence-corrected chi connectivity index (χ4v) is 3.61. The summed E-state index contributed by atoms with van der Waals surface area (Å²) in [4.78, 5) is 49.5. The number of carbonyl (C=O) groups excluding carboxylic acids is 3. The number of barbiturate groups is 1. The van der Waals surface area contributed by atoms with Crippen LogP contribution in [-0.2, 0) is 9.59 Å². The van der Waals surface area contributed by atoms with Crippen molar-refractivity contribution in [3.63, 3.8) is 0 Å². The van der Waals surface area contributed by atoms with Crippen LogP contribution in [0.3, 0.4) is 0 Å². The molecule has 2 aromatic carbocycles. The van der Waals surface area contributed by atoms with Gasteiger partial charge in [-0.25, -0.2) is 4.79 Å². The molecule has 1 saturated heterocycles. The van der Waals surface area contributed by atoms with E-state index in [1.165, 1.54) is 18.2 Å². The van der Waals surface area contributed by atoms with Crippen LogP contribution in [-0.4, -0.2) is 27.7 Å². The van der Waals surface area contributed by atoms with Crippen molar-refractivity contribution in [2.45, 2.75) is 19.9 Å². The lowest BCUT2D eigenvalue weighted by molar-refractivity contribution is -0.384. The Bertz CT molecular complexity index is 1310. The highest BCUT2D eigenvalue weighted by Crippen LogP contribution is 2.31. The maximum Gasteiger partial charge on any atom is 0.331 e. The minimum atomic E-state index is -0.828. The Morgan fingerprint density at radius 3 is 2.48 bits per heavy atom. The van der Waals surface area contributed by atoms with Crippen molar-refractivity contribution in [3.05, 3.63) is 93.2 Å². The van der Waals surface area contributed by atoms with Gasteiger partial charge in [-0.05, 0) is 43.2 Å². The molecule has 1 fully saturated rings. The predicted molar refractivity (Wildman–Crippen MR) is 119 cm³/mol. The Hall–Kier alpha value is -4.53. The van der Waals surface area contributed by atoms with Crippen LogP contribution >= 0.6 is 0 Å². The number of imide groups is 2. The summed E-state index contributed by atoms with van der Waals surface area (Å²) < 4.78 is 5.76. The summed E-state index contributed by atoms with van der Waals surface area (Å²) in [5, 5.41) is 13.3. The molecule has 9 heteroatoms. The number of hydrogen-bond acceptors (Lipinski definition) is 6. The van der Waals surface area contributed by atoms with Crippen molar-refractivity contribution in [2.24, 2.45) is 0 Å². The highest BCUT2D eigenvalue weighted by molar-refractivity contribution is 6.31. The fourth-order valence-electron chi connectivity index (χ4n) is 3.61. The minimum Gasteiger partial charge on any atom is -0.457 e. The zero-order valence-electron chi connectivity index (χ0n) is 17.8. The third-order valence-electron chi connectivity index (χ3n) is 5.41. The van der Waals surface area contributed by atoms with Crippen LogP contribution in [0, 0.1) is 17.0 Å². The van der Waals surface area contributed by atoms with Gasteiger partial charge in [0.15, 0.2) is 0 Å². The molecule has 2 heterocycles. The van der Waals surface area contributed by atoms with Gasteiger partial charge in [-0.15, -0.1) is 0 Å². The summed E-state index contributed by atoms with van der Waals surface area (Å²) in [6.45, 7) is 3.47. The van der Waals surface area contributed by atoms with Crippen molar-refractivity contribution in [2.75, 3.05) is 0 Å². The molecule has 4 amide bonds. The Balaban J connectivity index is 1.67. The third-order valence-corrected chi connectivity index (χ3v) is 5.41. The number of amides is 4. The van der Waals surface area contributed by atoms with Gasteiger partial charge in [0.05, 0.1) is 11.0 Å². The van der Waals surface area contributed by atoms with Crippen molar-refractivity contribution in [3.8, 4) is 11.3 Å². The van der Waals surface area contributed by atoms with Gasteiger partial charge in [-0.1, -0.05) is 36.4 Å². The molecule has 33 heavy (non-hydrogen) atoms. The van der Waals surface area contributed by atoms with E-state index < -0.39 is 28.8 Å². The Kier molecular flexibility index (Phi) is 5.61. The molecular weight excluding hydrogens is 426 g/mol. The van der Waals surface area contributed by atoms with Gasteiger partial charge in [0.2, 0.25) is 0 Å². The number of nitrogens with one attached hydrogen (secondary N) is 1. The molecule has 1 aliphatic heterocycles. The minimum absolute atomic E-state index is 0.0854. The highest BCUT2D eigenvalue weighted by atomic mass is 16.6. The van der Waals surface area contributed by atoms with E-state index in [1.807, 2.05) is 6.07 Å². The van der Waals surface area contributed by atoms with E-state index >= 15 is 0 Å². The smallest absolute Gasteiger partial charge is 0.331 e. The Morgan fingerprint density at radius 1 is 1.06 bits per heavy atom. The van der Waals surface area contributed by atoms with E-state index in [-0.39, 0.29) is 17.0 Å². The number of carbonyl (C=O) groups is 3. The molecule has 1 N–H and O–H groups in total. The summed E-state index contributed by atoms with van der Waals surface area (Å²) in [6.07, 6.45) is 1.25. The average molecular weight is 445 g/mol. The number of rotatable bonds is 5. The van der Waals surface area contributed by atoms with E-state index in [1.54, 1.807) is 56.3 Å².